The van der Waals surface area contributed by atoms with Crippen molar-refractivity contribution in [3.8, 4) is 0 Å². The first-order valence-electron chi connectivity index (χ1n) is 6.75. The van der Waals surface area contributed by atoms with Crippen LogP contribution in [0.4, 0.5) is 4.39 Å². The zero-order valence-corrected chi connectivity index (χ0v) is 14.5. The smallest absolute Gasteiger partial charge is 0.336 e. The molecular weight excluding hydrogens is 354 g/mol. The van der Waals surface area contributed by atoms with Crippen LogP contribution < -0.4 is 0 Å². The number of hydrogen-bond donors (Lipinski definition) is 1. The standard InChI is InChI=1S/C14H17Cl2FO4S/c1-3-5-8-22(20,21)12-9(4-2)10(13(18)19)6-7-11(12)14(15,16)17/h6-7H,3-5,8H2,1-2H3,(H,18,19). The van der Waals surface area contributed by atoms with Gasteiger partial charge in [-0.2, -0.15) is 0 Å². The van der Waals surface area contributed by atoms with E-state index in [1.807, 2.05) is 6.92 Å². The molecule has 0 radical (unpaired) electrons. The van der Waals surface area contributed by atoms with Crippen molar-refractivity contribution in [2.45, 2.75) is 42.6 Å². The van der Waals surface area contributed by atoms with E-state index >= 15 is 0 Å². The average Bonchev–Trinajstić information content (AvgIpc) is 2.42. The van der Waals surface area contributed by atoms with Crippen LogP contribution in [-0.2, 0) is 20.8 Å². The highest BCUT2D eigenvalue weighted by Gasteiger charge is 2.36. The van der Waals surface area contributed by atoms with Crippen LogP contribution in [0.1, 0.15) is 48.2 Å². The van der Waals surface area contributed by atoms with Crippen molar-refractivity contribution in [3.63, 3.8) is 0 Å². The highest BCUT2D eigenvalue weighted by molar-refractivity contribution is 7.91. The Morgan fingerprint density at radius 3 is 2.32 bits per heavy atom. The van der Waals surface area contributed by atoms with E-state index in [0.29, 0.717) is 12.8 Å². The summed E-state index contributed by atoms with van der Waals surface area (Å²) in [4.78, 5) is 10.9. The Balaban J connectivity index is 3.75. The molecule has 22 heavy (non-hydrogen) atoms. The molecule has 124 valence electrons. The topological polar surface area (TPSA) is 71.4 Å². The van der Waals surface area contributed by atoms with Crippen molar-refractivity contribution in [1.29, 1.82) is 0 Å². The van der Waals surface area contributed by atoms with E-state index in [1.54, 1.807) is 6.92 Å². The molecule has 0 aliphatic rings. The van der Waals surface area contributed by atoms with E-state index in [9.17, 15) is 22.7 Å². The van der Waals surface area contributed by atoms with Gasteiger partial charge in [-0.3, -0.25) is 0 Å². The quantitative estimate of drug-likeness (QED) is 0.734. The molecule has 0 unspecified atom stereocenters. The zero-order chi connectivity index (χ0) is 17.1. The van der Waals surface area contributed by atoms with E-state index in [4.69, 9.17) is 23.2 Å². The summed E-state index contributed by atoms with van der Waals surface area (Å²) in [5.41, 5.74) is -0.614. The molecule has 4 nitrogen and oxygen atoms in total. The van der Waals surface area contributed by atoms with Crippen molar-refractivity contribution in [1.82, 2.24) is 0 Å². The molecule has 0 spiro atoms. The van der Waals surface area contributed by atoms with Crippen molar-refractivity contribution < 1.29 is 22.7 Å². The number of halogens is 3. The lowest BCUT2D eigenvalue weighted by molar-refractivity contribution is 0.0695. The molecule has 1 aromatic carbocycles. The first-order chi connectivity index (χ1) is 10.1. The van der Waals surface area contributed by atoms with Crippen molar-refractivity contribution in [3.05, 3.63) is 28.8 Å². The van der Waals surface area contributed by atoms with E-state index in [-0.39, 0.29) is 23.3 Å². The van der Waals surface area contributed by atoms with E-state index in [1.165, 1.54) is 0 Å². The number of hydrogen-bond acceptors (Lipinski definition) is 3. The normalized spacial score (nSPS) is 12.4. The van der Waals surface area contributed by atoms with E-state index in [0.717, 1.165) is 12.1 Å². The molecule has 0 atom stereocenters. The summed E-state index contributed by atoms with van der Waals surface area (Å²) in [7, 11) is -3.91. The predicted octanol–water partition coefficient (Wildman–Crippen LogP) is 4.08. The third kappa shape index (κ3) is 4.12. The van der Waals surface area contributed by atoms with Gasteiger partial charge >= 0.3 is 5.97 Å². The number of rotatable bonds is 7. The van der Waals surface area contributed by atoms with Gasteiger partial charge in [0.25, 0.3) is 4.59 Å². The van der Waals surface area contributed by atoms with Crippen molar-refractivity contribution in [2.75, 3.05) is 5.75 Å². The maximum atomic E-state index is 14.0. The number of unbranched alkanes of at least 4 members (excludes halogenated alkanes) is 1. The second kappa shape index (κ2) is 7.15. The van der Waals surface area contributed by atoms with Gasteiger partial charge in [-0.25, -0.2) is 17.6 Å². The van der Waals surface area contributed by atoms with Crippen LogP contribution in [0.2, 0.25) is 0 Å². The molecule has 0 bridgehead atoms. The maximum absolute atomic E-state index is 14.0. The van der Waals surface area contributed by atoms with Gasteiger partial charge in [0.1, 0.15) is 0 Å². The SMILES string of the molecule is CCCCS(=O)(=O)c1c(C(F)(Cl)Cl)ccc(C(=O)O)c1CC. The monoisotopic (exact) mass is 370 g/mol. The Labute approximate surface area is 139 Å². The summed E-state index contributed by atoms with van der Waals surface area (Å²) in [6.07, 6.45) is 1.09. The molecule has 0 aliphatic heterocycles. The molecule has 0 aliphatic carbocycles. The second-order valence-electron chi connectivity index (χ2n) is 4.80. The summed E-state index contributed by atoms with van der Waals surface area (Å²) in [6, 6.07) is 2.13. The summed E-state index contributed by atoms with van der Waals surface area (Å²) in [5.74, 6) is -1.51. The average molecular weight is 371 g/mol. The van der Waals surface area contributed by atoms with E-state index in [2.05, 4.69) is 0 Å². The second-order valence-corrected chi connectivity index (χ2v) is 8.08. The van der Waals surface area contributed by atoms with Crippen molar-refractivity contribution in [2.24, 2.45) is 0 Å². The van der Waals surface area contributed by atoms with Gasteiger partial charge < -0.3 is 5.11 Å². The molecule has 8 heteroatoms. The molecule has 0 aromatic heterocycles. The molecule has 0 saturated heterocycles. The van der Waals surface area contributed by atoms with Gasteiger partial charge in [-0.1, -0.05) is 49.5 Å². The molecule has 1 aromatic rings. The van der Waals surface area contributed by atoms with Crippen LogP contribution in [0.25, 0.3) is 0 Å². The Hall–Kier alpha value is -0.850. The minimum Gasteiger partial charge on any atom is -0.478 e. The van der Waals surface area contributed by atoms with E-state index < -0.39 is 30.9 Å². The Morgan fingerprint density at radius 1 is 1.32 bits per heavy atom. The first kappa shape index (κ1) is 19.2. The Kier molecular flexibility index (Phi) is 6.24. The summed E-state index contributed by atoms with van der Waals surface area (Å²) < 4.78 is 36.2. The number of carboxylic acid groups (broad SMARTS) is 1. The number of benzene rings is 1. The van der Waals surface area contributed by atoms with Gasteiger partial charge in [-0.15, -0.1) is 0 Å². The van der Waals surface area contributed by atoms with Gasteiger partial charge in [0.15, 0.2) is 9.84 Å². The van der Waals surface area contributed by atoms with Gasteiger partial charge in [0.05, 0.1) is 16.2 Å². The van der Waals surface area contributed by atoms with Crippen LogP contribution in [-0.4, -0.2) is 25.2 Å². The highest BCUT2D eigenvalue weighted by Crippen LogP contribution is 2.41. The van der Waals surface area contributed by atoms with Crippen LogP contribution in [0.15, 0.2) is 17.0 Å². The number of aromatic carboxylic acids is 1. The number of carboxylic acids is 1. The lowest BCUT2D eigenvalue weighted by Gasteiger charge is -2.20. The lowest BCUT2D eigenvalue weighted by Crippen LogP contribution is -2.19. The lowest BCUT2D eigenvalue weighted by atomic mass is 10.0. The predicted molar refractivity (Wildman–Crippen MR) is 84.2 cm³/mol. The summed E-state index contributed by atoms with van der Waals surface area (Å²) >= 11 is 10.9. The van der Waals surface area contributed by atoms with Crippen LogP contribution in [0, 0.1) is 0 Å². The summed E-state index contributed by atoms with van der Waals surface area (Å²) in [5, 5.41) is 9.20. The molecular formula is C14H17Cl2FO4S. The minimum atomic E-state index is -3.91. The highest BCUT2D eigenvalue weighted by atomic mass is 35.5. The number of sulfone groups is 1. The minimum absolute atomic E-state index is 0.0180. The molecule has 1 rings (SSSR count). The molecule has 1 N–H and O–H groups in total. The Bertz CT molecular complexity index is 666. The van der Waals surface area contributed by atoms with Crippen LogP contribution in [0.3, 0.4) is 0 Å². The fourth-order valence-corrected chi connectivity index (χ4v) is 4.67. The molecule has 0 heterocycles. The summed E-state index contributed by atoms with van der Waals surface area (Å²) in [6.45, 7) is 3.40. The maximum Gasteiger partial charge on any atom is 0.336 e. The Morgan fingerprint density at radius 2 is 1.91 bits per heavy atom. The van der Waals surface area contributed by atoms with Gasteiger partial charge in [-0.05, 0) is 24.5 Å². The van der Waals surface area contributed by atoms with Gasteiger partial charge in [0.2, 0.25) is 0 Å². The fourth-order valence-electron chi connectivity index (χ4n) is 2.19. The first-order valence-corrected chi connectivity index (χ1v) is 9.16. The number of alkyl halides is 3. The fraction of sp³-hybridized carbons (Fsp3) is 0.500. The van der Waals surface area contributed by atoms with Crippen LogP contribution in [0.5, 0.6) is 0 Å². The van der Waals surface area contributed by atoms with Crippen LogP contribution >= 0.6 is 23.2 Å². The largest absolute Gasteiger partial charge is 0.478 e. The van der Waals surface area contributed by atoms with Gasteiger partial charge in [0, 0.05) is 5.56 Å². The zero-order valence-electron chi connectivity index (χ0n) is 12.2. The third-order valence-electron chi connectivity index (χ3n) is 3.23. The van der Waals surface area contributed by atoms with Crippen molar-refractivity contribution >= 4 is 39.0 Å². The molecule has 0 amide bonds. The third-order valence-corrected chi connectivity index (χ3v) is 5.55. The number of carbonyl (C=O) groups is 1. The molecule has 0 fully saturated rings. The molecule has 0 saturated carbocycles.